The van der Waals surface area contributed by atoms with Gasteiger partial charge in [-0.1, -0.05) is 25.3 Å². The molecule has 2 aromatic heterocycles. The minimum absolute atomic E-state index is 0.140. The molecule has 1 saturated carbocycles. The van der Waals surface area contributed by atoms with Crippen LogP contribution < -0.4 is 5.32 Å². The van der Waals surface area contributed by atoms with Gasteiger partial charge in [0.2, 0.25) is 11.0 Å². The molecule has 0 radical (unpaired) electrons. The highest BCUT2D eigenvalue weighted by Gasteiger charge is 2.31. The molecule has 7 heteroatoms. The van der Waals surface area contributed by atoms with Crippen LogP contribution in [0.5, 0.6) is 0 Å². The van der Waals surface area contributed by atoms with Crippen LogP contribution in [0, 0.1) is 0 Å². The van der Waals surface area contributed by atoms with Crippen LogP contribution in [0.4, 0.5) is 5.13 Å². The molecule has 0 spiro atoms. The molecule has 112 valence electrons. The molecule has 1 fully saturated rings. The number of thiophene rings is 1. The van der Waals surface area contributed by atoms with Gasteiger partial charge in [0.05, 0.1) is 16.9 Å². The number of hydrogen-bond acceptors (Lipinski definition) is 6. The molecule has 2 N–H and O–H groups in total. The number of anilines is 1. The van der Waals surface area contributed by atoms with Gasteiger partial charge in [-0.15, -0.1) is 11.3 Å². The van der Waals surface area contributed by atoms with Crippen LogP contribution in [0.2, 0.25) is 0 Å². The van der Waals surface area contributed by atoms with Crippen LogP contribution in [0.3, 0.4) is 0 Å². The first-order valence-corrected chi connectivity index (χ1v) is 8.70. The molecular formula is C14H17N3O2S2. The monoisotopic (exact) mass is 323 g/mol. The zero-order valence-electron chi connectivity index (χ0n) is 11.5. The van der Waals surface area contributed by atoms with Crippen molar-refractivity contribution in [2.24, 2.45) is 0 Å². The summed E-state index contributed by atoms with van der Waals surface area (Å²) in [6.07, 6.45) is 4.68. The lowest BCUT2D eigenvalue weighted by Crippen LogP contribution is -2.35. The fraction of sp³-hybridized carbons (Fsp3) is 0.500. The maximum absolute atomic E-state index is 12.1. The van der Waals surface area contributed by atoms with Gasteiger partial charge in [-0.2, -0.15) is 9.36 Å². The van der Waals surface area contributed by atoms with E-state index in [2.05, 4.69) is 14.7 Å². The number of hydrogen-bond donors (Lipinski definition) is 2. The van der Waals surface area contributed by atoms with E-state index in [1.807, 2.05) is 17.5 Å². The molecule has 21 heavy (non-hydrogen) atoms. The van der Waals surface area contributed by atoms with E-state index in [0.29, 0.717) is 23.8 Å². The minimum atomic E-state index is -0.844. The van der Waals surface area contributed by atoms with Crippen LogP contribution >= 0.6 is 22.9 Å². The summed E-state index contributed by atoms with van der Waals surface area (Å²) in [4.78, 5) is 17.3. The van der Waals surface area contributed by atoms with Gasteiger partial charge < -0.3 is 10.4 Å². The van der Waals surface area contributed by atoms with Crippen molar-refractivity contribution in [1.29, 1.82) is 0 Å². The zero-order valence-corrected chi connectivity index (χ0v) is 13.2. The molecule has 0 aliphatic heterocycles. The maximum Gasteiger partial charge on any atom is 0.229 e. The first-order valence-electron chi connectivity index (χ1n) is 7.04. The third-order valence-corrected chi connectivity index (χ3v) is 5.18. The van der Waals surface area contributed by atoms with Crippen molar-refractivity contribution < 1.29 is 9.90 Å². The van der Waals surface area contributed by atoms with Crippen molar-refractivity contribution in [3.63, 3.8) is 0 Å². The lowest BCUT2D eigenvalue weighted by atomic mass is 9.82. The number of nitrogens with one attached hydrogen (secondary N) is 1. The van der Waals surface area contributed by atoms with E-state index in [9.17, 15) is 9.90 Å². The summed E-state index contributed by atoms with van der Waals surface area (Å²) in [5, 5.41) is 15.6. The summed E-state index contributed by atoms with van der Waals surface area (Å²) >= 11 is 2.73. The van der Waals surface area contributed by atoms with Crippen molar-refractivity contribution in [2.45, 2.75) is 44.1 Å². The minimum Gasteiger partial charge on any atom is -0.389 e. The van der Waals surface area contributed by atoms with E-state index in [1.165, 1.54) is 11.5 Å². The van der Waals surface area contributed by atoms with Crippen LogP contribution in [0.15, 0.2) is 17.5 Å². The first kappa shape index (κ1) is 14.6. The van der Waals surface area contributed by atoms with Crippen LogP contribution in [0.25, 0.3) is 10.7 Å². The van der Waals surface area contributed by atoms with Gasteiger partial charge in [-0.3, -0.25) is 4.79 Å². The van der Waals surface area contributed by atoms with Crippen molar-refractivity contribution in [2.75, 3.05) is 5.32 Å². The molecule has 1 amide bonds. The Labute approximate surface area is 131 Å². The third kappa shape index (κ3) is 3.66. The summed E-state index contributed by atoms with van der Waals surface area (Å²) in [7, 11) is 0. The van der Waals surface area contributed by atoms with E-state index in [4.69, 9.17) is 0 Å². The number of carbonyl (C=O) groups excluding carboxylic acids is 1. The number of carbonyl (C=O) groups is 1. The topological polar surface area (TPSA) is 75.1 Å². The van der Waals surface area contributed by atoms with E-state index in [1.54, 1.807) is 11.3 Å². The first-order chi connectivity index (χ1) is 10.1. The molecule has 5 nitrogen and oxygen atoms in total. The quantitative estimate of drug-likeness (QED) is 0.905. The van der Waals surface area contributed by atoms with Gasteiger partial charge in [0, 0.05) is 11.5 Å². The average molecular weight is 323 g/mol. The molecule has 2 aromatic rings. The Morgan fingerprint density at radius 3 is 2.90 bits per heavy atom. The Hall–Kier alpha value is -1.31. The second-order valence-electron chi connectivity index (χ2n) is 5.41. The second-order valence-corrected chi connectivity index (χ2v) is 7.11. The number of aromatic nitrogens is 2. The van der Waals surface area contributed by atoms with Gasteiger partial charge in [0.1, 0.15) is 0 Å². The third-order valence-electron chi connectivity index (χ3n) is 3.69. The number of amides is 1. The van der Waals surface area contributed by atoms with Gasteiger partial charge >= 0.3 is 0 Å². The smallest absolute Gasteiger partial charge is 0.229 e. The highest BCUT2D eigenvalue weighted by atomic mass is 32.1. The predicted molar refractivity (Wildman–Crippen MR) is 84.5 cm³/mol. The molecule has 0 atom stereocenters. The predicted octanol–water partition coefficient (Wildman–Crippen LogP) is 3.29. The number of aliphatic hydroxyl groups is 1. The Kier molecular flexibility index (Phi) is 4.32. The van der Waals surface area contributed by atoms with Crippen LogP contribution in [-0.2, 0) is 4.79 Å². The molecule has 2 heterocycles. The van der Waals surface area contributed by atoms with E-state index >= 15 is 0 Å². The van der Waals surface area contributed by atoms with Crippen molar-refractivity contribution in [3.05, 3.63) is 17.5 Å². The molecular weight excluding hydrogens is 306 g/mol. The van der Waals surface area contributed by atoms with Gasteiger partial charge in [0.25, 0.3) is 0 Å². The van der Waals surface area contributed by atoms with Crippen molar-refractivity contribution >= 4 is 33.9 Å². The lowest BCUT2D eigenvalue weighted by molar-refractivity contribution is -0.122. The van der Waals surface area contributed by atoms with Crippen LogP contribution in [0.1, 0.15) is 38.5 Å². The molecule has 1 aliphatic rings. The molecule has 0 aromatic carbocycles. The normalized spacial score (nSPS) is 17.6. The molecule has 3 rings (SSSR count). The lowest BCUT2D eigenvalue weighted by Gasteiger charge is -2.31. The second kappa shape index (κ2) is 6.21. The Morgan fingerprint density at radius 2 is 2.19 bits per heavy atom. The summed E-state index contributed by atoms with van der Waals surface area (Å²) in [6, 6.07) is 3.89. The largest absolute Gasteiger partial charge is 0.389 e. The van der Waals surface area contributed by atoms with E-state index < -0.39 is 5.60 Å². The standard InChI is InChI=1S/C14H17N3O2S2/c18-11(9-14(19)6-2-1-3-7-14)15-13-16-12(17-21-13)10-5-4-8-20-10/h4-5,8,19H,1-3,6-7,9H2,(H,15,16,17,18). The number of nitrogens with zero attached hydrogens (tertiary/aromatic N) is 2. The fourth-order valence-corrected chi connectivity index (χ4v) is 3.94. The SMILES string of the molecule is O=C(CC1(O)CCCCC1)Nc1nc(-c2cccs2)ns1. The Morgan fingerprint density at radius 1 is 1.38 bits per heavy atom. The summed E-state index contributed by atoms with van der Waals surface area (Å²) in [6.45, 7) is 0. The molecule has 0 bridgehead atoms. The summed E-state index contributed by atoms with van der Waals surface area (Å²) in [5.74, 6) is 0.454. The summed E-state index contributed by atoms with van der Waals surface area (Å²) in [5.41, 5.74) is -0.844. The van der Waals surface area contributed by atoms with Gasteiger partial charge in [-0.05, 0) is 24.3 Å². The van der Waals surface area contributed by atoms with E-state index in [-0.39, 0.29) is 12.3 Å². The molecule has 0 saturated heterocycles. The van der Waals surface area contributed by atoms with Gasteiger partial charge in [-0.25, -0.2) is 0 Å². The van der Waals surface area contributed by atoms with Crippen molar-refractivity contribution in [3.8, 4) is 10.7 Å². The van der Waals surface area contributed by atoms with Crippen LogP contribution in [-0.4, -0.2) is 26.0 Å². The van der Waals surface area contributed by atoms with Crippen molar-refractivity contribution in [1.82, 2.24) is 9.36 Å². The summed E-state index contributed by atoms with van der Waals surface area (Å²) < 4.78 is 4.24. The number of rotatable bonds is 4. The zero-order chi connectivity index (χ0) is 14.7. The highest BCUT2D eigenvalue weighted by Crippen LogP contribution is 2.31. The fourth-order valence-electron chi connectivity index (χ4n) is 2.63. The van der Waals surface area contributed by atoms with Gasteiger partial charge in [0.15, 0.2) is 5.82 Å². The molecule has 0 unspecified atom stereocenters. The Bertz CT molecular complexity index is 604. The van der Waals surface area contributed by atoms with E-state index in [0.717, 1.165) is 24.1 Å². The maximum atomic E-state index is 12.1. The average Bonchev–Trinajstić information content (AvgIpc) is 3.08. The Balaban J connectivity index is 1.60. The molecule has 1 aliphatic carbocycles. The highest BCUT2D eigenvalue weighted by molar-refractivity contribution is 7.14.